The highest BCUT2D eigenvalue weighted by Gasteiger charge is 2.31. The summed E-state index contributed by atoms with van der Waals surface area (Å²) in [4.78, 5) is 23.5. The van der Waals surface area contributed by atoms with Gasteiger partial charge in [0.25, 0.3) is 0 Å². The molecule has 224 valence electrons. The molecule has 5 rings (SSSR count). The fourth-order valence-electron chi connectivity index (χ4n) is 4.85. The minimum atomic E-state index is -4.75. The third-order valence-electron chi connectivity index (χ3n) is 6.80. The molecule has 12 heteroatoms. The van der Waals surface area contributed by atoms with Crippen molar-refractivity contribution in [2.45, 2.75) is 46.1 Å². The molecule has 1 unspecified atom stereocenters. The Bertz CT molecular complexity index is 1600. The number of aromatic nitrogens is 3. The molecule has 1 amide bonds. The lowest BCUT2D eigenvalue weighted by Crippen LogP contribution is -2.27. The zero-order chi connectivity index (χ0) is 30.6. The van der Waals surface area contributed by atoms with Gasteiger partial charge < -0.3 is 14.4 Å². The maximum Gasteiger partial charge on any atom is 0.573 e. The molecular weight excluding hydrogens is 579 g/mol. The summed E-state index contributed by atoms with van der Waals surface area (Å²) in [5, 5.41) is 5.09. The first-order valence-electron chi connectivity index (χ1n) is 13.7. The van der Waals surface area contributed by atoms with Crippen molar-refractivity contribution in [1.29, 1.82) is 0 Å². The molecule has 0 saturated carbocycles. The molecule has 0 spiro atoms. The van der Waals surface area contributed by atoms with Gasteiger partial charge in [-0.2, -0.15) is 4.99 Å². The molecule has 0 aliphatic carbocycles. The molecular formula is C31H30F3N5O3S. The zero-order valence-electron chi connectivity index (χ0n) is 23.8. The summed E-state index contributed by atoms with van der Waals surface area (Å²) in [5.41, 5.74) is 5.74. The molecule has 3 aromatic carbocycles. The molecule has 43 heavy (non-hydrogen) atoms. The van der Waals surface area contributed by atoms with Crippen molar-refractivity contribution < 1.29 is 27.4 Å². The summed E-state index contributed by atoms with van der Waals surface area (Å²) in [6.07, 6.45) is -2.88. The number of halogens is 3. The Balaban J connectivity index is 1.18. The van der Waals surface area contributed by atoms with Crippen LogP contribution in [0.25, 0.3) is 17.1 Å². The van der Waals surface area contributed by atoms with Crippen LogP contribution in [0.2, 0.25) is 0 Å². The highest BCUT2D eigenvalue weighted by Crippen LogP contribution is 2.32. The highest BCUT2D eigenvalue weighted by atomic mass is 32.2. The fourth-order valence-corrected chi connectivity index (χ4v) is 5.79. The smallest absolute Gasteiger partial charge is 0.445 e. The Labute approximate surface area is 251 Å². The van der Waals surface area contributed by atoms with Gasteiger partial charge in [0.15, 0.2) is 11.0 Å². The predicted octanol–water partition coefficient (Wildman–Crippen LogP) is 7.38. The Hall–Kier alpha value is -4.32. The molecule has 2 heterocycles. The Morgan fingerprint density at radius 3 is 2.53 bits per heavy atom. The van der Waals surface area contributed by atoms with Crippen LogP contribution in [0.5, 0.6) is 5.75 Å². The number of para-hydroxylation sites is 1. The zero-order valence-corrected chi connectivity index (χ0v) is 24.7. The number of amides is 1. The third-order valence-corrected chi connectivity index (χ3v) is 7.76. The predicted molar refractivity (Wildman–Crippen MR) is 161 cm³/mol. The number of rotatable bonds is 8. The first kappa shape index (κ1) is 30.1. The second-order valence-corrected chi connectivity index (χ2v) is 11.0. The topological polar surface area (TPSA) is 81.8 Å². The van der Waals surface area contributed by atoms with Crippen LogP contribution in [0.15, 0.2) is 78.0 Å². The van der Waals surface area contributed by atoms with Crippen LogP contribution in [-0.2, 0) is 17.6 Å². The van der Waals surface area contributed by atoms with Crippen molar-refractivity contribution >= 4 is 28.7 Å². The molecule has 1 aliphatic rings. The number of alkyl halides is 3. The van der Waals surface area contributed by atoms with E-state index in [0.29, 0.717) is 23.1 Å². The number of ether oxygens (including phenoxy) is 2. The average molecular weight is 610 g/mol. The number of benzene rings is 3. The molecule has 8 nitrogen and oxygen atoms in total. The monoisotopic (exact) mass is 609 g/mol. The molecule has 4 aromatic rings. The van der Waals surface area contributed by atoms with E-state index in [9.17, 15) is 18.0 Å². The molecule has 0 N–H and O–H groups in total. The van der Waals surface area contributed by atoms with Gasteiger partial charge in [0, 0.05) is 30.0 Å². The van der Waals surface area contributed by atoms with E-state index < -0.39 is 18.6 Å². The lowest BCUT2D eigenvalue weighted by molar-refractivity contribution is -0.274. The van der Waals surface area contributed by atoms with Gasteiger partial charge in [-0.25, -0.2) is 14.5 Å². The quantitative estimate of drug-likeness (QED) is 0.206. The second-order valence-electron chi connectivity index (χ2n) is 9.98. The molecule has 0 radical (unpaired) electrons. The van der Waals surface area contributed by atoms with E-state index in [0.717, 1.165) is 41.1 Å². The number of aryl methyl sites for hydroxylation is 2. The fraction of sp³-hybridized carbons (Fsp3) is 0.290. The first-order chi connectivity index (χ1) is 20.6. The van der Waals surface area contributed by atoms with Gasteiger partial charge in [0.2, 0.25) is 0 Å². The molecule has 1 atom stereocenters. The van der Waals surface area contributed by atoms with Gasteiger partial charge in [0.05, 0.1) is 5.69 Å². The molecule has 1 saturated heterocycles. The minimum absolute atomic E-state index is 0.313. The van der Waals surface area contributed by atoms with E-state index in [4.69, 9.17) is 4.74 Å². The molecule has 1 fully saturated rings. The van der Waals surface area contributed by atoms with Gasteiger partial charge >= 0.3 is 12.5 Å². The second kappa shape index (κ2) is 12.9. The SMILES string of the molecule is CCc1cccc(C)c1N1CCSC1=NC(=O)OC(C)Cc1ccc(-c2ncn(-c3ccc(OC(F)(F)F)cc3)n2)cc1. The number of aliphatic imine (C=N–C) groups is 1. The van der Waals surface area contributed by atoms with Gasteiger partial charge in [0.1, 0.15) is 18.2 Å². The van der Waals surface area contributed by atoms with Gasteiger partial charge in [-0.05, 0) is 61.2 Å². The lowest BCUT2D eigenvalue weighted by atomic mass is 10.0. The van der Waals surface area contributed by atoms with Crippen molar-refractivity contribution in [3.63, 3.8) is 0 Å². The number of hydrogen-bond acceptors (Lipinski definition) is 6. The van der Waals surface area contributed by atoms with E-state index in [2.05, 4.69) is 50.7 Å². The van der Waals surface area contributed by atoms with E-state index in [1.54, 1.807) is 11.8 Å². The summed E-state index contributed by atoms with van der Waals surface area (Å²) >= 11 is 1.55. The normalized spacial score (nSPS) is 15.1. The summed E-state index contributed by atoms with van der Waals surface area (Å²) in [7, 11) is 0. The van der Waals surface area contributed by atoms with Crippen molar-refractivity contribution in [3.8, 4) is 22.8 Å². The standard InChI is InChI=1S/C31H30F3N5O3S/c1-4-23-7-5-6-20(2)27(23)38-16-17-43-29(38)36-30(40)41-21(3)18-22-8-10-24(11-9-22)28-35-19-39(37-28)25-12-14-26(15-13-25)42-31(32,33)34/h5-15,19,21H,4,16-18H2,1-3H3. The third kappa shape index (κ3) is 7.56. The Morgan fingerprint density at radius 1 is 1.09 bits per heavy atom. The molecule has 1 aliphatic heterocycles. The number of thioether (sulfide) groups is 1. The van der Waals surface area contributed by atoms with Crippen LogP contribution in [0, 0.1) is 6.92 Å². The minimum Gasteiger partial charge on any atom is -0.445 e. The number of anilines is 1. The molecule has 1 aromatic heterocycles. The highest BCUT2D eigenvalue weighted by molar-refractivity contribution is 8.14. The maximum atomic E-state index is 12.7. The summed E-state index contributed by atoms with van der Waals surface area (Å²) < 4.78 is 48.2. The van der Waals surface area contributed by atoms with Crippen molar-refractivity contribution in [2.24, 2.45) is 4.99 Å². The number of amidine groups is 1. The number of nitrogens with zero attached hydrogens (tertiary/aromatic N) is 5. The van der Waals surface area contributed by atoms with Crippen LogP contribution in [-0.4, -0.2) is 50.8 Å². The van der Waals surface area contributed by atoms with Gasteiger partial charge in [-0.3, -0.25) is 0 Å². The van der Waals surface area contributed by atoms with E-state index in [1.807, 2.05) is 37.3 Å². The van der Waals surface area contributed by atoms with Crippen molar-refractivity contribution in [1.82, 2.24) is 14.8 Å². The largest absolute Gasteiger partial charge is 0.573 e. The van der Waals surface area contributed by atoms with Gasteiger partial charge in [-0.1, -0.05) is 61.2 Å². The van der Waals surface area contributed by atoms with Crippen molar-refractivity contribution in [2.75, 3.05) is 17.2 Å². The van der Waals surface area contributed by atoms with Crippen LogP contribution in [0.3, 0.4) is 0 Å². The summed E-state index contributed by atoms with van der Waals surface area (Å²) in [5.74, 6) is 0.990. The van der Waals surface area contributed by atoms with Crippen molar-refractivity contribution in [3.05, 3.63) is 89.7 Å². The van der Waals surface area contributed by atoms with Crippen LogP contribution in [0.1, 0.15) is 30.5 Å². The lowest BCUT2D eigenvalue weighted by Gasteiger charge is -2.23. The first-order valence-corrected chi connectivity index (χ1v) is 14.7. The summed E-state index contributed by atoms with van der Waals surface area (Å²) in [6.45, 7) is 6.80. The van der Waals surface area contributed by atoms with E-state index >= 15 is 0 Å². The number of carbonyl (C=O) groups excluding carboxylic acids is 1. The maximum absolute atomic E-state index is 12.7. The Kier molecular flexibility index (Phi) is 9.05. The van der Waals surface area contributed by atoms with Crippen LogP contribution in [0.4, 0.5) is 23.7 Å². The van der Waals surface area contributed by atoms with Crippen LogP contribution >= 0.6 is 11.8 Å². The van der Waals surface area contributed by atoms with Gasteiger partial charge in [-0.15, -0.1) is 18.3 Å². The Morgan fingerprint density at radius 2 is 1.84 bits per heavy atom. The average Bonchev–Trinajstić information content (AvgIpc) is 3.63. The summed E-state index contributed by atoms with van der Waals surface area (Å²) in [6, 6.07) is 19.1. The number of hydrogen-bond donors (Lipinski definition) is 0. The van der Waals surface area contributed by atoms with E-state index in [1.165, 1.54) is 40.8 Å². The van der Waals surface area contributed by atoms with E-state index in [-0.39, 0.29) is 5.75 Å². The molecule has 0 bridgehead atoms. The van der Waals surface area contributed by atoms with Crippen LogP contribution < -0.4 is 9.64 Å². The number of carbonyl (C=O) groups is 1.